The van der Waals surface area contributed by atoms with Gasteiger partial charge in [0.1, 0.15) is 11.3 Å². The van der Waals surface area contributed by atoms with Gasteiger partial charge in [0, 0.05) is 18.4 Å². The first kappa shape index (κ1) is 16.5. The molecule has 0 aliphatic heterocycles. The summed E-state index contributed by atoms with van der Waals surface area (Å²) < 4.78 is 4.97. The lowest BCUT2D eigenvalue weighted by Crippen LogP contribution is -2.30. The fourth-order valence-corrected chi connectivity index (χ4v) is 1.94. The molecule has 110 valence electrons. The van der Waals surface area contributed by atoms with Crippen LogP contribution in [0.1, 0.15) is 10.4 Å². The van der Waals surface area contributed by atoms with E-state index in [0.717, 1.165) is 5.75 Å². The van der Waals surface area contributed by atoms with Crippen molar-refractivity contribution in [2.24, 2.45) is 0 Å². The normalized spacial score (nSPS) is 9.95. The summed E-state index contributed by atoms with van der Waals surface area (Å²) in [5.74, 6) is -0.233. The van der Waals surface area contributed by atoms with Gasteiger partial charge < -0.3 is 20.5 Å². The van der Waals surface area contributed by atoms with Crippen LogP contribution in [0.3, 0.4) is 0 Å². The van der Waals surface area contributed by atoms with Crippen molar-refractivity contribution in [3.8, 4) is 5.75 Å². The van der Waals surface area contributed by atoms with Crippen LogP contribution in [-0.4, -0.2) is 42.8 Å². The molecular formula is C12H15ClN2O4S. The van der Waals surface area contributed by atoms with Gasteiger partial charge in [0.25, 0.3) is 0 Å². The highest BCUT2D eigenvalue weighted by Gasteiger charge is 2.16. The SMILES string of the molecule is COc1cc(NC(=O)NCCSC)c(Cl)cc1C(=O)O. The molecule has 1 rings (SSSR count). The van der Waals surface area contributed by atoms with E-state index in [0.29, 0.717) is 6.54 Å². The molecular weight excluding hydrogens is 304 g/mol. The second-order valence-corrected chi connectivity index (χ2v) is 5.10. The second-order valence-electron chi connectivity index (χ2n) is 3.71. The summed E-state index contributed by atoms with van der Waals surface area (Å²) in [5, 5.41) is 14.3. The largest absolute Gasteiger partial charge is 0.496 e. The van der Waals surface area contributed by atoms with E-state index in [1.54, 1.807) is 11.8 Å². The van der Waals surface area contributed by atoms with Crippen molar-refractivity contribution in [1.82, 2.24) is 5.32 Å². The zero-order valence-corrected chi connectivity index (χ0v) is 12.6. The van der Waals surface area contributed by atoms with Crippen LogP contribution in [0.4, 0.5) is 10.5 Å². The summed E-state index contributed by atoms with van der Waals surface area (Å²) in [4.78, 5) is 22.6. The Morgan fingerprint density at radius 2 is 2.15 bits per heavy atom. The minimum atomic E-state index is -1.15. The average Bonchev–Trinajstić information content (AvgIpc) is 2.40. The third-order valence-corrected chi connectivity index (χ3v) is 3.28. The molecule has 2 amide bonds. The molecule has 0 saturated carbocycles. The lowest BCUT2D eigenvalue weighted by atomic mass is 10.2. The number of nitrogens with one attached hydrogen (secondary N) is 2. The summed E-state index contributed by atoms with van der Waals surface area (Å²) in [6, 6.07) is 2.20. The third-order valence-electron chi connectivity index (χ3n) is 2.36. The highest BCUT2D eigenvalue weighted by atomic mass is 35.5. The number of thioether (sulfide) groups is 1. The summed E-state index contributed by atoms with van der Waals surface area (Å²) >= 11 is 7.55. The molecule has 0 bridgehead atoms. The first-order valence-electron chi connectivity index (χ1n) is 5.64. The van der Waals surface area contributed by atoms with E-state index < -0.39 is 12.0 Å². The minimum Gasteiger partial charge on any atom is -0.496 e. The number of halogens is 1. The summed E-state index contributed by atoms with van der Waals surface area (Å²) in [7, 11) is 1.35. The lowest BCUT2D eigenvalue weighted by molar-refractivity contribution is 0.0693. The molecule has 0 saturated heterocycles. The number of ether oxygens (including phenoxy) is 1. The molecule has 1 aromatic rings. The number of carboxylic acids is 1. The van der Waals surface area contributed by atoms with Crippen LogP contribution in [0, 0.1) is 0 Å². The number of rotatable bonds is 6. The molecule has 1 aromatic carbocycles. The summed E-state index contributed by atoms with van der Waals surface area (Å²) in [6.07, 6.45) is 1.94. The molecule has 0 aromatic heterocycles. The smallest absolute Gasteiger partial charge is 0.339 e. The number of hydrogen-bond acceptors (Lipinski definition) is 4. The Morgan fingerprint density at radius 3 is 2.70 bits per heavy atom. The molecule has 0 fully saturated rings. The maximum Gasteiger partial charge on any atom is 0.339 e. The van der Waals surface area contributed by atoms with Gasteiger partial charge in [0.2, 0.25) is 0 Å². The number of amides is 2. The Hall–Kier alpha value is -1.60. The maximum atomic E-state index is 11.6. The maximum absolute atomic E-state index is 11.6. The predicted molar refractivity (Wildman–Crippen MR) is 80.4 cm³/mol. The Labute approximate surface area is 125 Å². The Morgan fingerprint density at radius 1 is 1.45 bits per heavy atom. The van der Waals surface area contributed by atoms with Crippen LogP contribution in [0.25, 0.3) is 0 Å². The minimum absolute atomic E-state index is 0.0640. The molecule has 0 unspecified atom stereocenters. The van der Waals surface area contributed by atoms with E-state index in [1.165, 1.54) is 19.2 Å². The Kier molecular flexibility index (Phi) is 6.47. The zero-order valence-electron chi connectivity index (χ0n) is 11.0. The van der Waals surface area contributed by atoms with Crippen LogP contribution in [-0.2, 0) is 0 Å². The van der Waals surface area contributed by atoms with E-state index in [-0.39, 0.29) is 22.0 Å². The lowest BCUT2D eigenvalue weighted by Gasteiger charge is -2.12. The van der Waals surface area contributed by atoms with Gasteiger partial charge in [0.05, 0.1) is 17.8 Å². The molecule has 8 heteroatoms. The van der Waals surface area contributed by atoms with E-state index in [2.05, 4.69) is 10.6 Å². The number of methoxy groups -OCH3 is 1. The van der Waals surface area contributed by atoms with E-state index >= 15 is 0 Å². The fourth-order valence-electron chi connectivity index (χ4n) is 1.42. The number of carbonyl (C=O) groups excluding carboxylic acids is 1. The Bertz CT molecular complexity index is 510. The number of anilines is 1. The molecule has 0 spiro atoms. The van der Waals surface area contributed by atoms with Crippen LogP contribution < -0.4 is 15.4 Å². The van der Waals surface area contributed by atoms with Gasteiger partial charge in [-0.2, -0.15) is 11.8 Å². The van der Waals surface area contributed by atoms with Gasteiger partial charge in [-0.1, -0.05) is 11.6 Å². The van der Waals surface area contributed by atoms with E-state index in [9.17, 15) is 9.59 Å². The topological polar surface area (TPSA) is 87.7 Å². The summed E-state index contributed by atoms with van der Waals surface area (Å²) in [6.45, 7) is 0.523. The standard InChI is InChI=1S/C12H15ClN2O4S/c1-19-10-6-9(8(13)5-7(10)11(16)17)15-12(18)14-3-4-20-2/h5-6H,3-4H2,1-2H3,(H,16,17)(H2,14,15,18). The van der Waals surface area contributed by atoms with E-state index in [1.807, 2.05) is 6.26 Å². The van der Waals surface area contributed by atoms with Gasteiger partial charge in [0.15, 0.2) is 0 Å². The van der Waals surface area contributed by atoms with Gasteiger partial charge in [-0.25, -0.2) is 9.59 Å². The van der Waals surface area contributed by atoms with Crippen molar-refractivity contribution in [3.05, 3.63) is 22.7 Å². The van der Waals surface area contributed by atoms with Gasteiger partial charge >= 0.3 is 12.0 Å². The van der Waals surface area contributed by atoms with Crippen LogP contribution in [0.5, 0.6) is 5.75 Å². The molecule has 3 N–H and O–H groups in total. The number of aromatic carboxylic acids is 1. The fraction of sp³-hybridized carbons (Fsp3) is 0.333. The first-order valence-corrected chi connectivity index (χ1v) is 7.41. The Balaban J connectivity index is 2.85. The number of carbonyl (C=O) groups is 2. The highest BCUT2D eigenvalue weighted by molar-refractivity contribution is 7.98. The quantitative estimate of drug-likeness (QED) is 0.702. The van der Waals surface area contributed by atoms with Crippen molar-refractivity contribution < 1.29 is 19.4 Å². The van der Waals surface area contributed by atoms with Crippen molar-refractivity contribution >= 4 is 41.1 Å². The summed E-state index contributed by atoms with van der Waals surface area (Å²) in [5.41, 5.74) is 0.223. The first-order chi connectivity index (χ1) is 9.49. The zero-order chi connectivity index (χ0) is 15.1. The van der Waals surface area contributed by atoms with Crippen LogP contribution >= 0.6 is 23.4 Å². The number of benzene rings is 1. The molecule has 0 atom stereocenters. The molecule has 20 heavy (non-hydrogen) atoms. The van der Waals surface area contributed by atoms with Crippen LogP contribution in [0.15, 0.2) is 12.1 Å². The van der Waals surface area contributed by atoms with Gasteiger partial charge in [-0.3, -0.25) is 0 Å². The number of urea groups is 1. The van der Waals surface area contributed by atoms with Gasteiger partial charge in [-0.15, -0.1) is 0 Å². The second kappa shape index (κ2) is 7.86. The molecule has 0 aliphatic carbocycles. The van der Waals surface area contributed by atoms with Crippen molar-refractivity contribution in [2.75, 3.05) is 31.0 Å². The molecule has 0 aliphatic rings. The highest BCUT2D eigenvalue weighted by Crippen LogP contribution is 2.30. The van der Waals surface area contributed by atoms with Crippen molar-refractivity contribution in [1.29, 1.82) is 0 Å². The third kappa shape index (κ3) is 4.50. The number of carboxylic acid groups (broad SMARTS) is 1. The van der Waals surface area contributed by atoms with Crippen molar-refractivity contribution in [3.63, 3.8) is 0 Å². The molecule has 6 nitrogen and oxygen atoms in total. The molecule has 0 heterocycles. The van der Waals surface area contributed by atoms with Gasteiger partial charge in [-0.05, 0) is 12.3 Å². The van der Waals surface area contributed by atoms with E-state index in [4.69, 9.17) is 21.4 Å². The molecule has 0 radical (unpaired) electrons. The van der Waals surface area contributed by atoms with Crippen molar-refractivity contribution in [2.45, 2.75) is 0 Å². The number of hydrogen-bond donors (Lipinski definition) is 3. The predicted octanol–water partition coefficient (Wildman–Crippen LogP) is 2.53. The average molecular weight is 319 g/mol. The van der Waals surface area contributed by atoms with Crippen LogP contribution in [0.2, 0.25) is 5.02 Å². The monoisotopic (exact) mass is 318 g/mol.